The maximum absolute atomic E-state index is 12.5. The number of aromatic nitrogens is 2. The number of nitrogens with one attached hydrogen (secondary N) is 1. The highest BCUT2D eigenvalue weighted by atomic mass is 16.1. The second-order valence-electron chi connectivity index (χ2n) is 5.27. The van der Waals surface area contributed by atoms with Crippen LogP contribution in [0.2, 0.25) is 0 Å². The maximum Gasteiger partial charge on any atom is 0.227 e. The van der Waals surface area contributed by atoms with Gasteiger partial charge in [0.25, 0.3) is 0 Å². The van der Waals surface area contributed by atoms with E-state index in [1.54, 1.807) is 48.7 Å². The number of hydrogen-bond donors (Lipinski definition) is 1. The van der Waals surface area contributed by atoms with Crippen LogP contribution < -0.4 is 5.32 Å². The van der Waals surface area contributed by atoms with E-state index in [9.17, 15) is 4.79 Å². The molecule has 2 aromatic carbocycles. The number of benzene rings is 2. The molecule has 5 heteroatoms. The number of hydrogen-bond acceptors (Lipinski definition) is 5. The molecule has 5 nitrogen and oxygen atoms in total. The molecule has 0 unspecified atom stereocenters. The van der Waals surface area contributed by atoms with Gasteiger partial charge in [-0.1, -0.05) is 29.8 Å². The molecule has 3 aromatic rings. The lowest BCUT2D eigenvalue weighted by atomic mass is 10.1. The number of nitriles is 1. The normalized spacial score (nSPS) is 10.0. The summed E-state index contributed by atoms with van der Waals surface area (Å²) in [7, 11) is 0. The molecule has 0 aliphatic carbocycles. The van der Waals surface area contributed by atoms with E-state index >= 15 is 0 Å². The summed E-state index contributed by atoms with van der Waals surface area (Å²) in [4.78, 5) is 20.9. The summed E-state index contributed by atoms with van der Waals surface area (Å²) in [6.45, 7) is 1.97. The van der Waals surface area contributed by atoms with Crippen molar-refractivity contribution in [3.05, 3.63) is 83.2 Å². The van der Waals surface area contributed by atoms with Gasteiger partial charge >= 0.3 is 0 Å². The predicted octanol–water partition coefficient (Wildman–Crippen LogP) is 3.63. The molecule has 1 aromatic heterocycles. The average Bonchev–Trinajstić information content (AvgIpc) is 2.63. The Balaban J connectivity index is 1.82. The van der Waals surface area contributed by atoms with Crippen LogP contribution in [0.15, 0.2) is 60.8 Å². The maximum atomic E-state index is 12.5. The summed E-state index contributed by atoms with van der Waals surface area (Å²) in [6, 6.07) is 17.9. The van der Waals surface area contributed by atoms with Crippen LogP contribution in [0.1, 0.15) is 27.2 Å². The summed E-state index contributed by atoms with van der Waals surface area (Å²) in [5.41, 5.74) is 3.32. The summed E-state index contributed by atoms with van der Waals surface area (Å²) < 4.78 is 0. The van der Waals surface area contributed by atoms with Gasteiger partial charge in [0.15, 0.2) is 0 Å². The lowest BCUT2D eigenvalue weighted by Crippen LogP contribution is -2.07. The summed E-state index contributed by atoms with van der Waals surface area (Å²) in [5.74, 6) is 0.179. The van der Waals surface area contributed by atoms with E-state index < -0.39 is 0 Å². The standard InChI is InChI=1S/C19H14N4O/c1-13-2-6-15(7-3-13)18(24)17-10-11-21-19(23-17)22-16-8-4-14(12-20)5-9-16/h2-11H,1H3,(H,21,22,23). The van der Waals surface area contributed by atoms with Crippen LogP contribution in [0.3, 0.4) is 0 Å². The van der Waals surface area contributed by atoms with E-state index in [1.165, 1.54) is 0 Å². The fourth-order valence-electron chi connectivity index (χ4n) is 2.16. The minimum Gasteiger partial charge on any atom is -0.324 e. The highest BCUT2D eigenvalue weighted by molar-refractivity contribution is 6.07. The molecule has 0 spiro atoms. The topological polar surface area (TPSA) is 78.7 Å². The number of carbonyl (C=O) groups is 1. The number of ketones is 1. The van der Waals surface area contributed by atoms with Crippen molar-refractivity contribution in [1.29, 1.82) is 5.26 Å². The second-order valence-corrected chi connectivity index (χ2v) is 5.27. The lowest BCUT2D eigenvalue weighted by molar-refractivity contribution is 0.103. The van der Waals surface area contributed by atoms with E-state index in [-0.39, 0.29) is 5.78 Å². The van der Waals surface area contributed by atoms with Gasteiger partial charge in [-0.05, 0) is 37.3 Å². The van der Waals surface area contributed by atoms with Gasteiger partial charge in [-0.25, -0.2) is 9.97 Å². The van der Waals surface area contributed by atoms with Crippen LogP contribution in [0.25, 0.3) is 0 Å². The highest BCUT2D eigenvalue weighted by Gasteiger charge is 2.11. The van der Waals surface area contributed by atoms with E-state index in [2.05, 4.69) is 21.4 Å². The van der Waals surface area contributed by atoms with Crippen LogP contribution in [-0.2, 0) is 0 Å². The number of nitrogens with zero attached hydrogens (tertiary/aromatic N) is 3. The molecule has 0 bridgehead atoms. The molecule has 3 rings (SSSR count). The SMILES string of the molecule is Cc1ccc(C(=O)c2ccnc(Nc3ccc(C#N)cc3)n2)cc1. The quantitative estimate of drug-likeness (QED) is 0.744. The molecule has 0 saturated carbocycles. The summed E-state index contributed by atoms with van der Waals surface area (Å²) in [5, 5.41) is 11.8. The van der Waals surface area contributed by atoms with E-state index in [4.69, 9.17) is 5.26 Å². The molecule has 0 amide bonds. The van der Waals surface area contributed by atoms with Crippen molar-refractivity contribution in [2.75, 3.05) is 5.32 Å². The molecule has 0 saturated heterocycles. The Morgan fingerprint density at radius 3 is 2.42 bits per heavy atom. The van der Waals surface area contributed by atoms with Gasteiger partial charge < -0.3 is 5.32 Å². The van der Waals surface area contributed by atoms with Gasteiger partial charge in [0, 0.05) is 17.4 Å². The predicted molar refractivity (Wildman–Crippen MR) is 91.1 cm³/mol. The lowest BCUT2D eigenvalue weighted by Gasteiger charge is -2.06. The Hall–Kier alpha value is -3.52. The fourth-order valence-corrected chi connectivity index (χ4v) is 2.16. The first-order chi connectivity index (χ1) is 11.7. The van der Waals surface area contributed by atoms with Gasteiger partial charge in [-0.3, -0.25) is 4.79 Å². The van der Waals surface area contributed by atoms with Crippen molar-refractivity contribution >= 4 is 17.4 Å². The Bertz CT molecular complexity index is 909. The molecule has 1 N–H and O–H groups in total. The van der Waals surface area contributed by atoms with Crippen molar-refractivity contribution in [2.24, 2.45) is 0 Å². The van der Waals surface area contributed by atoms with Gasteiger partial charge in [0.05, 0.1) is 11.6 Å². The molecule has 1 heterocycles. The summed E-state index contributed by atoms with van der Waals surface area (Å²) in [6.07, 6.45) is 1.54. The van der Waals surface area contributed by atoms with E-state index in [0.29, 0.717) is 22.8 Å². The highest BCUT2D eigenvalue weighted by Crippen LogP contribution is 2.15. The molecule has 116 valence electrons. The smallest absolute Gasteiger partial charge is 0.227 e. The molecule has 0 fully saturated rings. The van der Waals surface area contributed by atoms with Crippen molar-refractivity contribution < 1.29 is 4.79 Å². The third-order valence-corrected chi connectivity index (χ3v) is 3.47. The van der Waals surface area contributed by atoms with Gasteiger partial charge in [0.1, 0.15) is 5.69 Å². The van der Waals surface area contributed by atoms with Gasteiger partial charge in [0.2, 0.25) is 11.7 Å². The van der Waals surface area contributed by atoms with Crippen LogP contribution >= 0.6 is 0 Å². The number of aryl methyl sites for hydroxylation is 1. The first-order valence-corrected chi connectivity index (χ1v) is 7.37. The molecule has 0 radical (unpaired) electrons. The first-order valence-electron chi connectivity index (χ1n) is 7.37. The minimum atomic E-state index is -0.153. The Kier molecular flexibility index (Phi) is 4.30. The Morgan fingerprint density at radius 2 is 1.75 bits per heavy atom. The number of rotatable bonds is 4. The van der Waals surface area contributed by atoms with E-state index in [0.717, 1.165) is 11.3 Å². The molecule has 0 aliphatic heterocycles. The van der Waals surface area contributed by atoms with Crippen molar-refractivity contribution in [1.82, 2.24) is 9.97 Å². The van der Waals surface area contributed by atoms with Crippen LogP contribution in [0, 0.1) is 18.3 Å². The number of anilines is 2. The Labute approximate surface area is 139 Å². The van der Waals surface area contributed by atoms with Gasteiger partial charge in [-0.2, -0.15) is 5.26 Å². The first kappa shape index (κ1) is 15.4. The zero-order valence-corrected chi connectivity index (χ0v) is 13.0. The Morgan fingerprint density at radius 1 is 1.04 bits per heavy atom. The fraction of sp³-hybridized carbons (Fsp3) is 0.0526. The molecular formula is C19H14N4O. The number of carbonyl (C=O) groups excluding carboxylic acids is 1. The van der Waals surface area contributed by atoms with Crippen molar-refractivity contribution in [2.45, 2.75) is 6.92 Å². The zero-order valence-electron chi connectivity index (χ0n) is 13.0. The van der Waals surface area contributed by atoms with Crippen LogP contribution in [0.5, 0.6) is 0 Å². The zero-order chi connectivity index (χ0) is 16.9. The van der Waals surface area contributed by atoms with E-state index in [1.807, 2.05) is 19.1 Å². The molecule has 0 atom stereocenters. The average molecular weight is 314 g/mol. The molecule has 0 aliphatic rings. The summed E-state index contributed by atoms with van der Waals surface area (Å²) >= 11 is 0. The van der Waals surface area contributed by atoms with Crippen LogP contribution in [0.4, 0.5) is 11.6 Å². The second kappa shape index (κ2) is 6.71. The monoisotopic (exact) mass is 314 g/mol. The van der Waals surface area contributed by atoms with Crippen molar-refractivity contribution in [3.63, 3.8) is 0 Å². The van der Waals surface area contributed by atoms with Crippen molar-refractivity contribution in [3.8, 4) is 6.07 Å². The largest absolute Gasteiger partial charge is 0.324 e. The minimum absolute atomic E-state index is 0.153. The van der Waals surface area contributed by atoms with Crippen LogP contribution in [-0.4, -0.2) is 15.8 Å². The molecular weight excluding hydrogens is 300 g/mol. The van der Waals surface area contributed by atoms with Gasteiger partial charge in [-0.15, -0.1) is 0 Å². The molecule has 24 heavy (non-hydrogen) atoms. The third kappa shape index (κ3) is 3.45. The third-order valence-electron chi connectivity index (χ3n) is 3.47.